The van der Waals surface area contributed by atoms with Crippen LogP contribution in [0.25, 0.3) is 0 Å². The van der Waals surface area contributed by atoms with E-state index in [1.807, 2.05) is 31.2 Å². The van der Waals surface area contributed by atoms with Crippen LogP contribution in [0.2, 0.25) is 0 Å². The van der Waals surface area contributed by atoms with E-state index in [0.29, 0.717) is 12.5 Å². The maximum atomic E-state index is 11.6. The molecule has 0 aliphatic carbocycles. The van der Waals surface area contributed by atoms with Gasteiger partial charge in [0.25, 0.3) is 5.91 Å². The number of nitrogens with two attached hydrogens (primary N) is 1. The Hall–Kier alpha value is -1.63. The standard InChI is InChI=1S/C15H24N4O2/c1-9(2)8-21-12-6-4-11(5-7-12)13-10(3)14(19-18-13)15(20)17-16/h4-7,9-10,13-14,18-19H,8,16H2,1-3H3,(H,17,20). The molecule has 0 aromatic heterocycles. The summed E-state index contributed by atoms with van der Waals surface area (Å²) in [5.41, 5.74) is 9.43. The molecule has 3 unspecified atom stereocenters. The summed E-state index contributed by atoms with van der Waals surface area (Å²) >= 11 is 0. The van der Waals surface area contributed by atoms with E-state index >= 15 is 0 Å². The van der Waals surface area contributed by atoms with E-state index in [1.165, 1.54) is 0 Å². The van der Waals surface area contributed by atoms with Gasteiger partial charge < -0.3 is 4.74 Å². The van der Waals surface area contributed by atoms with Crippen LogP contribution in [0.4, 0.5) is 0 Å². The molecule has 21 heavy (non-hydrogen) atoms. The Morgan fingerprint density at radius 3 is 2.57 bits per heavy atom. The highest BCUT2D eigenvalue weighted by Crippen LogP contribution is 2.29. The summed E-state index contributed by atoms with van der Waals surface area (Å²) in [4.78, 5) is 11.6. The van der Waals surface area contributed by atoms with Gasteiger partial charge in [0.15, 0.2) is 0 Å². The summed E-state index contributed by atoms with van der Waals surface area (Å²) in [7, 11) is 0. The fourth-order valence-corrected chi connectivity index (χ4v) is 2.45. The number of benzene rings is 1. The van der Waals surface area contributed by atoms with Crippen molar-refractivity contribution in [3.05, 3.63) is 29.8 Å². The van der Waals surface area contributed by atoms with E-state index in [1.54, 1.807) is 0 Å². The second-order valence-corrected chi connectivity index (χ2v) is 5.89. The Labute approximate surface area is 125 Å². The highest BCUT2D eigenvalue weighted by Gasteiger charge is 2.37. The third kappa shape index (κ3) is 3.72. The first kappa shape index (κ1) is 15.8. The molecule has 3 atom stereocenters. The third-order valence-electron chi connectivity index (χ3n) is 3.69. The maximum Gasteiger partial charge on any atom is 0.252 e. The highest BCUT2D eigenvalue weighted by molar-refractivity contribution is 5.81. The molecule has 1 amide bonds. The van der Waals surface area contributed by atoms with Crippen LogP contribution in [-0.4, -0.2) is 18.6 Å². The molecule has 1 aromatic carbocycles. The van der Waals surface area contributed by atoms with Crippen molar-refractivity contribution < 1.29 is 9.53 Å². The van der Waals surface area contributed by atoms with Crippen LogP contribution in [0, 0.1) is 11.8 Å². The van der Waals surface area contributed by atoms with Crippen molar-refractivity contribution in [3.63, 3.8) is 0 Å². The normalized spacial score (nSPS) is 25.1. The number of carbonyl (C=O) groups is 1. The molecule has 5 N–H and O–H groups in total. The zero-order chi connectivity index (χ0) is 15.4. The number of amides is 1. The van der Waals surface area contributed by atoms with Gasteiger partial charge in [-0.15, -0.1) is 0 Å². The number of hydrazine groups is 2. The van der Waals surface area contributed by atoms with Gasteiger partial charge >= 0.3 is 0 Å². The van der Waals surface area contributed by atoms with Gasteiger partial charge in [0.1, 0.15) is 11.8 Å². The van der Waals surface area contributed by atoms with Crippen LogP contribution in [0.15, 0.2) is 24.3 Å². The second kappa shape index (κ2) is 6.89. The van der Waals surface area contributed by atoms with Crippen LogP contribution >= 0.6 is 0 Å². The van der Waals surface area contributed by atoms with Crippen LogP contribution in [0.3, 0.4) is 0 Å². The number of rotatable bonds is 5. The summed E-state index contributed by atoms with van der Waals surface area (Å²) in [5, 5.41) is 0. The molecule has 0 radical (unpaired) electrons. The third-order valence-corrected chi connectivity index (χ3v) is 3.69. The summed E-state index contributed by atoms with van der Waals surface area (Å²) in [6.07, 6.45) is 0. The van der Waals surface area contributed by atoms with Gasteiger partial charge in [0.2, 0.25) is 0 Å². The van der Waals surface area contributed by atoms with E-state index in [2.05, 4.69) is 30.1 Å². The topological polar surface area (TPSA) is 88.4 Å². The summed E-state index contributed by atoms with van der Waals surface area (Å²) in [6.45, 7) is 6.96. The van der Waals surface area contributed by atoms with Gasteiger partial charge in [-0.25, -0.2) is 16.7 Å². The van der Waals surface area contributed by atoms with E-state index in [-0.39, 0.29) is 23.9 Å². The number of carbonyl (C=O) groups excluding carboxylic acids is 1. The zero-order valence-corrected chi connectivity index (χ0v) is 12.7. The molecule has 1 aliphatic rings. The molecule has 1 saturated heterocycles. The molecule has 1 heterocycles. The molecule has 0 bridgehead atoms. The van der Waals surface area contributed by atoms with Crippen molar-refractivity contribution in [1.29, 1.82) is 0 Å². The van der Waals surface area contributed by atoms with Crippen LogP contribution < -0.4 is 26.9 Å². The summed E-state index contributed by atoms with van der Waals surface area (Å²) in [6, 6.07) is 7.69. The molecule has 6 heteroatoms. The van der Waals surface area contributed by atoms with Crippen molar-refractivity contribution in [2.24, 2.45) is 17.7 Å². The molecular weight excluding hydrogens is 268 g/mol. The minimum atomic E-state index is -0.336. The van der Waals surface area contributed by atoms with E-state index < -0.39 is 0 Å². The SMILES string of the molecule is CC(C)COc1ccc(C2NNC(C(=O)NN)C2C)cc1. The minimum absolute atomic E-state index is 0.0615. The summed E-state index contributed by atoms with van der Waals surface area (Å²) in [5.74, 6) is 6.44. The fraction of sp³-hybridized carbons (Fsp3) is 0.533. The predicted molar refractivity (Wildman–Crippen MR) is 81.1 cm³/mol. The smallest absolute Gasteiger partial charge is 0.252 e. The maximum absolute atomic E-state index is 11.6. The Bertz CT molecular complexity index is 475. The average Bonchev–Trinajstić information content (AvgIpc) is 2.86. The molecule has 1 aliphatic heterocycles. The van der Waals surface area contributed by atoms with E-state index in [0.717, 1.165) is 11.3 Å². The zero-order valence-electron chi connectivity index (χ0n) is 12.7. The Balaban J connectivity index is 2.01. The van der Waals surface area contributed by atoms with Gasteiger partial charge in [0.05, 0.1) is 12.6 Å². The lowest BCUT2D eigenvalue weighted by Crippen LogP contribution is -2.47. The lowest BCUT2D eigenvalue weighted by molar-refractivity contribution is -0.123. The molecule has 0 spiro atoms. The first-order valence-corrected chi connectivity index (χ1v) is 7.27. The van der Waals surface area contributed by atoms with Crippen molar-refractivity contribution in [1.82, 2.24) is 16.3 Å². The highest BCUT2D eigenvalue weighted by atomic mass is 16.5. The molecule has 2 rings (SSSR count). The molecule has 1 aromatic rings. The van der Waals surface area contributed by atoms with Gasteiger partial charge in [-0.1, -0.05) is 32.9 Å². The fourth-order valence-electron chi connectivity index (χ4n) is 2.45. The predicted octanol–water partition coefficient (Wildman–Crippen LogP) is 0.865. The first-order valence-electron chi connectivity index (χ1n) is 7.27. The Morgan fingerprint density at radius 1 is 1.33 bits per heavy atom. The van der Waals surface area contributed by atoms with Gasteiger partial charge in [-0.05, 0) is 23.6 Å². The van der Waals surface area contributed by atoms with E-state index in [4.69, 9.17) is 10.6 Å². The molecule has 6 nitrogen and oxygen atoms in total. The van der Waals surface area contributed by atoms with Crippen LogP contribution in [0.1, 0.15) is 32.4 Å². The van der Waals surface area contributed by atoms with Crippen LogP contribution in [0.5, 0.6) is 5.75 Å². The average molecular weight is 292 g/mol. The number of ether oxygens (including phenoxy) is 1. The number of hydrogen-bond donors (Lipinski definition) is 4. The molecule has 1 fully saturated rings. The van der Waals surface area contributed by atoms with Gasteiger partial charge in [-0.2, -0.15) is 0 Å². The molecule has 116 valence electrons. The monoisotopic (exact) mass is 292 g/mol. The van der Waals surface area contributed by atoms with Crippen molar-refractivity contribution in [2.45, 2.75) is 32.9 Å². The Kier molecular flexibility index (Phi) is 5.17. The van der Waals surface area contributed by atoms with Gasteiger partial charge in [0, 0.05) is 5.92 Å². The Morgan fingerprint density at radius 2 is 2.00 bits per heavy atom. The largest absolute Gasteiger partial charge is 0.493 e. The van der Waals surface area contributed by atoms with Crippen LogP contribution in [-0.2, 0) is 4.79 Å². The lowest BCUT2D eigenvalue weighted by Gasteiger charge is -2.18. The van der Waals surface area contributed by atoms with Crippen molar-refractivity contribution >= 4 is 5.91 Å². The number of hydrogen-bond acceptors (Lipinski definition) is 5. The van der Waals surface area contributed by atoms with Crippen molar-refractivity contribution in [2.75, 3.05) is 6.61 Å². The van der Waals surface area contributed by atoms with Crippen molar-refractivity contribution in [3.8, 4) is 5.75 Å². The molecule has 0 saturated carbocycles. The lowest BCUT2D eigenvalue weighted by atomic mass is 9.91. The molecular formula is C15H24N4O2. The quantitative estimate of drug-likeness (QED) is 0.367. The van der Waals surface area contributed by atoms with Gasteiger partial charge in [-0.3, -0.25) is 10.2 Å². The summed E-state index contributed by atoms with van der Waals surface area (Å²) < 4.78 is 5.67. The number of nitrogens with one attached hydrogen (secondary N) is 3. The van der Waals surface area contributed by atoms with E-state index in [9.17, 15) is 4.79 Å². The second-order valence-electron chi connectivity index (χ2n) is 5.89. The first-order chi connectivity index (χ1) is 10.0. The minimum Gasteiger partial charge on any atom is -0.493 e.